The number of hydrogen-bond donors (Lipinski definition) is 0. The lowest BCUT2D eigenvalue weighted by Gasteiger charge is -2.47. The standard InChI is InChI=1S/C14H21ClN4O/c1-17-7-5-11-10(9-17)4-3-6-19(11)12-8-16-18(2)14(20)13(12)15/h8,10-11H,3-7,9H2,1-2H3/t10-,11+/m0/s1. The first-order valence-corrected chi connectivity index (χ1v) is 7.62. The molecule has 2 aliphatic heterocycles. The number of nitrogens with zero attached hydrogens (tertiary/aromatic N) is 4. The van der Waals surface area contributed by atoms with Crippen LogP contribution < -0.4 is 10.5 Å². The third-order valence-electron chi connectivity index (χ3n) is 4.64. The van der Waals surface area contributed by atoms with Crippen molar-refractivity contribution in [2.45, 2.75) is 25.3 Å². The van der Waals surface area contributed by atoms with Crippen LogP contribution in [0.5, 0.6) is 0 Å². The van der Waals surface area contributed by atoms with Crippen LogP contribution in [0.15, 0.2) is 11.0 Å². The van der Waals surface area contributed by atoms with Crippen molar-refractivity contribution in [2.75, 3.05) is 31.6 Å². The number of likely N-dealkylation sites (tertiary alicyclic amines) is 1. The molecular formula is C14H21ClN4O. The maximum Gasteiger partial charge on any atom is 0.287 e. The van der Waals surface area contributed by atoms with E-state index in [0.717, 1.165) is 38.2 Å². The fraction of sp³-hybridized carbons (Fsp3) is 0.714. The van der Waals surface area contributed by atoms with Gasteiger partial charge in [0, 0.05) is 26.2 Å². The zero-order chi connectivity index (χ0) is 14.3. The molecular weight excluding hydrogens is 276 g/mol. The van der Waals surface area contributed by atoms with Gasteiger partial charge in [-0.25, -0.2) is 4.68 Å². The molecule has 2 aliphatic rings. The van der Waals surface area contributed by atoms with Gasteiger partial charge in [0.05, 0.1) is 11.9 Å². The van der Waals surface area contributed by atoms with Gasteiger partial charge in [-0.1, -0.05) is 11.6 Å². The summed E-state index contributed by atoms with van der Waals surface area (Å²) < 4.78 is 1.29. The van der Waals surface area contributed by atoms with Gasteiger partial charge in [0.1, 0.15) is 5.02 Å². The van der Waals surface area contributed by atoms with Crippen LogP contribution in [0.2, 0.25) is 5.02 Å². The van der Waals surface area contributed by atoms with E-state index in [-0.39, 0.29) is 5.56 Å². The van der Waals surface area contributed by atoms with Crippen LogP contribution in [0.25, 0.3) is 0 Å². The van der Waals surface area contributed by atoms with Gasteiger partial charge in [-0.2, -0.15) is 5.10 Å². The summed E-state index contributed by atoms with van der Waals surface area (Å²) in [7, 11) is 3.81. The highest BCUT2D eigenvalue weighted by Crippen LogP contribution is 2.35. The van der Waals surface area contributed by atoms with Gasteiger partial charge in [-0.3, -0.25) is 4.79 Å². The van der Waals surface area contributed by atoms with Crippen molar-refractivity contribution < 1.29 is 0 Å². The summed E-state index contributed by atoms with van der Waals surface area (Å²) in [4.78, 5) is 16.7. The predicted octanol–water partition coefficient (Wildman–Crippen LogP) is 1.35. The number of fused-ring (bicyclic) bond motifs is 1. The highest BCUT2D eigenvalue weighted by atomic mass is 35.5. The third-order valence-corrected chi connectivity index (χ3v) is 5.00. The molecule has 2 fully saturated rings. The van der Waals surface area contributed by atoms with Crippen molar-refractivity contribution in [3.05, 3.63) is 21.6 Å². The Balaban J connectivity index is 1.93. The quantitative estimate of drug-likeness (QED) is 0.784. The van der Waals surface area contributed by atoms with Crippen molar-refractivity contribution in [3.63, 3.8) is 0 Å². The van der Waals surface area contributed by atoms with Gasteiger partial charge in [-0.05, 0) is 38.8 Å². The summed E-state index contributed by atoms with van der Waals surface area (Å²) in [6.45, 7) is 3.21. The Morgan fingerprint density at radius 1 is 1.30 bits per heavy atom. The second-order valence-corrected chi connectivity index (χ2v) is 6.36. The molecule has 0 unspecified atom stereocenters. The first-order valence-electron chi connectivity index (χ1n) is 7.25. The van der Waals surface area contributed by atoms with Crippen LogP contribution in [-0.2, 0) is 7.05 Å². The second-order valence-electron chi connectivity index (χ2n) is 5.99. The Morgan fingerprint density at radius 3 is 2.90 bits per heavy atom. The van der Waals surface area contributed by atoms with Crippen molar-refractivity contribution in [1.29, 1.82) is 0 Å². The van der Waals surface area contributed by atoms with Crippen LogP contribution in [0.4, 0.5) is 5.69 Å². The molecule has 0 spiro atoms. The fourth-order valence-corrected chi connectivity index (χ4v) is 3.87. The van der Waals surface area contributed by atoms with Gasteiger partial charge in [-0.15, -0.1) is 0 Å². The summed E-state index contributed by atoms with van der Waals surface area (Å²) in [6.07, 6.45) is 5.29. The number of hydrogen-bond acceptors (Lipinski definition) is 4. The number of aryl methyl sites for hydroxylation is 1. The predicted molar refractivity (Wildman–Crippen MR) is 80.5 cm³/mol. The fourth-order valence-electron chi connectivity index (χ4n) is 3.59. The number of halogens is 1. The van der Waals surface area contributed by atoms with Gasteiger partial charge >= 0.3 is 0 Å². The summed E-state index contributed by atoms with van der Waals surface area (Å²) in [5.41, 5.74) is 0.605. The molecule has 0 aromatic carbocycles. The molecule has 2 atom stereocenters. The van der Waals surface area contributed by atoms with Crippen LogP contribution in [0.1, 0.15) is 19.3 Å². The van der Waals surface area contributed by atoms with Crippen molar-refractivity contribution in [3.8, 4) is 0 Å². The Labute approximate surface area is 124 Å². The minimum absolute atomic E-state index is 0.209. The van der Waals surface area contributed by atoms with Crippen LogP contribution >= 0.6 is 11.6 Å². The van der Waals surface area contributed by atoms with Crippen LogP contribution in [0, 0.1) is 5.92 Å². The molecule has 0 aliphatic carbocycles. The summed E-state index contributed by atoms with van der Waals surface area (Å²) in [5, 5.41) is 4.44. The largest absolute Gasteiger partial charge is 0.366 e. The van der Waals surface area contributed by atoms with Crippen LogP contribution in [0.3, 0.4) is 0 Å². The Morgan fingerprint density at radius 2 is 2.10 bits per heavy atom. The third kappa shape index (κ3) is 2.33. The number of rotatable bonds is 1. The van der Waals surface area contributed by atoms with E-state index in [9.17, 15) is 4.79 Å². The molecule has 0 amide bonds. The highest BCUT2D eigenvalue weighted by molar-refractivity contribution is 6.33. The monoisotopic (exact) mass is 296 g/mol. The number of anilines is 1. The minimum atomic E-state index is -0.209. The van der Waals surface area contributed by atoms with Gasteiger partial charge in [0.2, 0.25) is 0 Å². The first kappa shape index (κ1) is 13.9. The molecule has 0 radical (unpaired) electrons. The van der Waals surface area contributed by atoms with E-state index in [1.165, 1.54) is 11.1 Å². The lowest BCUT2D eigenvalue weighted by atomic mass is 9.84. The van der Waals surface area contributed by atoms with E-state index in [4.69, 9.17) is 11.6 Å². The van der Waals surface area contributed by atoms with Crippen molar-refractivity contribution in [1.82, 2.24) is 14.7 Å². The van der Waals surface area contributed by atoms with Crippen molar-refractivity contribution >= 4 is 17.3 Å². The van der Waals surface area contributed by atoms with Gasteiger partial charge in [0.25, 0.3) is 5.56 Å². The summed E-state index contributed by atoms with van der Waals surface area (Å²) in [6, 6.07) is 0.492. The minimum Gasteiger partial charge on any atom is -0.366 e. The van der Waals surface area contributed by atoms with E-state index >= 15 is 0 Å². The summed E-state index contributed by atoms with van der Waals surface area (Å²) in [5.74, 6) is 0.669. The molecule has 110 valence electrons. The maximum absolute atomic E-state index is 12.0. The second kappa shape index (κ2) is 5.37. The topological polar surface area (TPSA) is 41.4 Å². The molecule has 0 bridgehead atoms. The van der Waals surface area contributed by atoms with Gasteiger partial charge in [0.15, 0.2) is 0 Å². The molecule has 5 nitrogen and oxygen atoms in total. The molecule has 0 saturated carbocycles. The number of piperidine rings is 2. The Kier molecular flexibility index (Phi) is 3.73. The van der Waals surface area contributed by atoms with E-state index in [0.29, 0.717) is 17.0 Å². The molecule has 1 aromatic rings. The molecule has 6 heteroatoms. The molecule has 2 saturated heterocycles. The van der Waals surface area contributed by atoms with Crippen LogP contribution in [-0.4, -0.2) is 47.4 Å². The van der Waals surface area contributed by atoms with E-state index in [1.807, 2.05) is 0 Å². The first-order chi connectivity index (χ1) is 9.58. The SMILES string of the molecule is CN1CC[C@@H]2[C@@H](CCCN2c2cnn(C)c(=O)c2Cl)C1. The van der Waals surface area contributed by atoms with Crippen molar-refractivity contribution in [2.24, 2.45) is 13.0 Å². The number of aromatic nitrogens is 2. The smallest absolute Gasteiger partial charge is 0.287 e. The van der Waals surface area contributed by atoms with E-state index in [1.54, 1.807) is 13.2 Å². The lowest BCUT2D eigenvalue weighted by Crippen LogP contribution is -2.53. The molecule has 3 rings (SSSR count). The molecule has 0 N–H and O–H groups in total. The Bertz CT molecular complexity index is 559. The highest BCUT2D eigenvalue weighted by Gasteiger charge is 2.36. The van der Waals surface area contributed by atoms with E-state index < -0.39 is 0 Å². The zero-order valence-corrected chi connectivity index (χ0v) is 12.8. The normalized spacial score (nSPS) is 27.4. The van der Waals surface area contributed by atoms with E-state index in [2.05, 4.69) is 21.9 Å². The summed E-state index contributed by atoms with van der Waals surface area (Å²) >= 11 is 6.27. The van der Waals surface area contributed by atoms with Gasteiger partial charge < -0.3 is 9.80 Å². The maximum atomic E-state index is 12.0. The average molecular weight is 297 g/mol. The zero-order valence-electron chi connectivity index (χ0n) is 12.0. The average Bonchev–Trinajstić information content (AvgIpc) is 2.44. The molecule has 20 heavy (non-hydrogen) atoms. The Hall–Kier alpha value is -1.07. The molecule has 3 heterocycles. The molecule has 1 aromatic heterocycles. The lowest BCUT2D eigenvalue weighted by molar-refractivity contribution is 0.154.